The number of ether oxygens (including phenoxy) is 1. The van der Waals surface area contributed by atoms with E-state index in [1.165, 1.54) is 18.4 Å². The van der Waals surface area contributed by atoms with Crippen molar-refractivity contribution in [1.29, 1.82) is 0 Å². The number of amides is 1. The second kappa shape index (κ2) is 10.3. The van der Waals surface area contributed by atoms with Crippen LogP contribution in [-0.2, 0) is 9.53 Å². The minimum Gasteiger partial charge on any atom is -0.379 e. The molecular weight excluding hydrogens is 456 g/mol. The maximum atomic E-state index is 12.8. The fraction of sp³-hybridized carbons (Fsp3) is 0.692. The van der Waals surface area contributed by atoms with E-state index in [1.54, 1.807) is 0 Å². The number of nitrogens with zero attached hydrogens (tertiary/aromatic N) is 6. The van der Waals surface area contributed by atoms with Gasteiger partial charge in [-0.3, -0.25) is 9.48 Å². The summed E-state index contributed by atoms with van der Waals surface area (Å²) in [6.45, 7) is 11.3. The summed E-state index contributed by atoms with van der Waals surface area (Å²) in [5.74, 6) is 2.18. The Bertz CT molecular complexity index is 1080. The Morgan fingerprint density at radius 1 is 1.22 bits per heavy atom. The molecule has 1 unspecified atom stereocenters. The lowest BCUT2D eigenvalue weighted by atomic mass is 9.93. The van der Waals surface area contributed by atoms with Gasteiger partial charge in [-0.15, -0.1) is 0 Å². The van der Waals surface area contributed by atoms with Gasteiger partial charge < -0.3 is 25.2 Å². The van der Waals surface area contributed by atoms with Crippen molar-refractivity contribution in [3.8, 4) is 0 Å². The quantitative estimate of drug-likeness (QED) is 0.511. The molecule has 0 bridgehead atoms. The number of aromatic nitrogens is 4. The third-order valence-electron chi connectivity index (χ3n) is 7.47. The Hall–Kier alpha value is -2.72. The molecule has 1 atom stereocenters. The van der Waals surface area contributed by atoms with Gasteiger partial charge >= 0.3 is 0 Å². The molecule has 36 heavy (non-hydrogen) atoms. The van der Waals surface area contributed by atoms with Gasteiger partial charge in [-0.1, -0.05) is 0 Å². The van der Waals surface area contributed by atoms with Crippen molar-refractivity contribution in [2.24, 2.45) is 5.41 Å². The lowest BCUT2D eigenvalue weighted by molar-refractivity contribution is -0.139. The van der Waals surface area contributed by atoms with Gasteiger partial charge in [-0.05, 0) is 66.0 Å². The van der Waals surface area contributed by atoms with Crippen LogP contribution in [0, 0.1) is 12.3 Å². The summed E-state index contributed by atoms with van der Waals surface area (Å²) in [5.41, 5.74) is 2.61. The van der Waals surface area contributed by atoms with Crippen molar-refractivity contribution in [2.45, 2.75) is 58.4 Å². The zero-order valence-electron chi connectivity index (χ0n) is 22.1. The monoisotopic (exact) mass is 496 g/mol. The van der Waals surface area contributed by atoms with E-state index in [4.69, 9.17) is 14.8 Å². The molecule has 1 saturated carbocycles. The van der Waals surface area contributed by atoms with Gasteiger partial charge in [0.1, 0.15) is 5.82 Å². The summed E-state index contributed by atoms with van der Waals surface area (Å²) in [5, 5.41) is 11.7. The summed E-state index contributed by atoms with van der Waals surface area (Å²) >= 11 is 0. The van der Waals surface area contributed by atoms with E-state index < -0.39 is 5.41 Å². The number of likely N-dealkylation sites (tertiary alicyclic amines) is 1. The van der Waals surface area contributed by atoms with Crippen LogP contribution in [0.4, 0.5) is 17.5 Å². The highest BCUT2D eigenvalue weighted by atomic mass is 16.5. The molecule has 2 aromatic heterocycles. The molecule has 2 aliphatic heterocycles. The third-order valence-corrected chi connectivity index (χ3v) is 7.47. The number of carbonyl (C=O) groups is 1. The Balaban J connectivity index is 1.21. The molecule has 10 nitrogen and oxygen atoms in total. The van der Waals surface area contributed by atoms with E-state index in [0.717, 1.165) is 49.7 Å². The molecule has 0 spiro atoms. The molecule has 3 fully saturated rings. The molecule has 2 saturated heterocycles. The molecule has 196 valence electrons. The number of aryl methyl sites for hydroxylation is 1. The van der Waals surface area contributed by atoms with E-state index in [9.17, 15) is 4.79 Å². The van der Waals surface area contributed by atoms with Gasteiger partial charge in [-0.2, -0.15) is 10.1 Å². The number of rotatable bonds is 9. The second-order valence-corrected chi connectivity index (χ2v) is 11.2. The van der Waals surface area contributed by atoms with E-state index in [0.29, 0.717) is 44.2 Å². The summed E-state index contributed by atoms with van der Waals surface area (Å²) < 4.78 is 7.71. The first-order valence-corrected chi connectivity index (χ1v) is 13.3. The molecule has 0 aromatic carbocycles. The van der Waals surface area contributed by atoms with E-state index in [1.807, 2.05) is 31.9 Å². The zero-order valence-corrected chi connectivity index (χ0v) is 22.1. The predicted octanol–water partition coefficient (Wildman–Crippen LogP) is 3.17. The normalized spacial score (nSPS) is 22.6. The Kier molecular flexibility index (Phi) is 7.16. The van der Waals surface area contributed by atoms with Crippen LogP contribution in [0.15, 0.2) is 12.4 Å². The number of likely N-dealkylation sites (N-methyl/N-ethyl adjacent to an activating group) is 1. The van der Waals surface area contributed by atoms with Crippen LogP contribution in [0.3, 0.4) is 0 Å². The first kappa shape index (κ1) is 25.0. The van der Waals surface area contributed by atoms with Crippen molar-refractivity contribution in [3.05, 3.63) is 23.7 Å². The SMILES string of the molecule is Cc1nn(C2CCN(C)C2)cc1Nc1ncc(C2CC2)c(NCCCN2CCOCC(C)(C)C2=O)n1. The molecule has 2 N–H and O–H groups in total. The standard InChI is InChI=1S/C26H40N8O2/c1-18-22(16-34(31-18)20-8-11-32(4)15-20)29-25-28-14-21(19-6-7-19)23(30-25)27-9-5-10-33-12-13-36-17-26(2,3)24(33)35/h14,16,19-20H,5-13,15,17H2,1-4H3,(H2,27,28,29,30). The number of carbonyl (C=O) groups excluding carboxylic acids is 1. The lowest BCUT2D eigenvalue weighted by Gasteiger charge is -2.27. The summed E-state index contributed by atoms with van der Waals surface area (Å²) in [6.07, 6.45) is 8.37. The third kappa shape index (κ3) is 5.64. The largest absolute Gasteiger partial charge is 0.379 e. The average molecular weight is 497 g/mol. The maximum absolute atomic E-state index is 12.8. The van der Waals surface area contributed by atoms with Crippen molar-refractivity contribution in [1.82, 2.24) is 29.5 Å². The Labute approximate surface area is 213 Å². The van der Waals surface area contributed by atoms with E-state index >= 15 is 0 Å². The lowest BCUT2D eigenvalue weighted by Crippen LogP contribution is -2.42. The van der Waals surface area contributed by atoms with E-state index in [2.05, 4.69) is 38.4 Å². The number of anilines is 3. The molecule has 1 amide bonds. The van der Waals surface area contributed by atoms with Crippen molar-refractivity contribution >= 4 is 23.4 Å². The van der Waals surface area contributed by atoms with Crippen LogP contribution in [0.5, 0.6) is 0 Å². The van der Waals surface area contributed by atoms with Crippen LogP contribution in [0.1, 0.15) is 62.7 Å². The average Bonchev–Trinajstić information content (AvgIpc) is 3.52. The molecule has 3 aliphatic rings. The van der Waals surface area contributed by atoms with Gasteiger partial charge in [0.05, 0.1) is 36.1 Å². The zero-order chi connectivity index (χ0) is 25.3. The minimum atomic E-state index is -0.462. The summed E-state index contributed by atoms with van der Waals surface area (Å²) in [7, 11) is 2.15. The van der Waals surface area contributed by atoms with Crippen molar-refractivity contribution in [3.63, 3.8) is 0 Å². The first-order chi connectivity index (χ1) is 17.3. The van der Waals surface area contributed by atoms with Gasteiger partial charge in [0.25, 0.3) is 0 Å². The second-order valence-electron chi connectivity index (χ2n) is 11.2. The minimum absolute atomic E-state index is 0.173. The molecular formula is C26H40N8O2. The Morgan fingerprint density at radius 3 is 2.81 bits per heavy atom. The number of hydrogen-bond acceptors (Lipinski definition) is 8. The Morgan fingerprint density at radius 2 is 2.06 bits per heavy atom. The summed E-state index contributed by atoms with van der Waals surface area (Å²) in [4.78, 5) is 26.6. The van der Waals surface area contributed by atoms with Crippen molar-refractivity contribution in [2.75, 3.05) is 63.6 Å². The van der Waals surface area contributed by atoms with Gasteiger partial charge in [0, 0.05) is 44.1 Å². The van der Waals surface area contributed by atoms with Gasteiger partial charge in [0.15, 0.2) is 0 Å². The molecule has 10 heteroatoms. The molecule has 1 aliphatic carbocycles. The van der Waals surface area contributed by atoms with E-state index in [-0.39, 0.29) is 5.91 Å². The molecule has 5 rings (SSSR count). The molecule has 2 aromatic rings. The van der Waals surface area contributed by atoms with Crippen LogP contribution in [-0.4, -0.2) is 88.4 Å². The highest BCUT2D eigenvalue weighted by molar-refractivity contribution is 5.82. The topological polar surface area (TPSA) is 100 Å². The van der Waals surface area contributed by atoms with Crippen LogP contribution < -0.4 is 10.6 Å². The fourth-order valence-corrected chi connectivity index (χ4v) is 5.11. The summed E-state index contributed by atoms with van der Waals surface area (Å²) in [6, 6.07) is 0.410. The maximum Gasteiger partial charge on any atom is 0.230 e. The highest BCUT2D eigenvalue weighted by Crippen LogP contribution is 2.43. The smallest absolute Gasteiger partial charge is 0.230 e. The molecule has 0 radical (unpaired) electrons. The molecule has 4 heterocycles. The van der Waals surface area contributed by atoms with Gasteiger partial charge in [-0.25, -0.2) is 4.98 Å². The van der Waals surface area contributed by atoms with Gasteiger partial charge in [0.2, 0.25) is 11.9 Å². The fourth-order valence-electron chi connectivity index (χ4n) is 5.11. The van der Waals surface area contributed by atoms with Crippen molar-refractivity contribution < 1.29 is 9.53 Å². The van der Waals surface area contributed by atoms with Crippen LogP contribution >= 0.6 is 0 Å². The predicted molar refractivity (Wildman–Crippen MR) is 140 cm³/mol. The highest BCUT2D eigenvalue weighted by Gasteiger charge is 2.34. The first-order valence-electron chi connectivity index (χ1n) is 13.3. The van der Waals surface area contributed by atoms with Crippen LogP contribution in [0.25, 0.3) is 0 Å². The van der Waals surface area contributed by atoms with Crippen LogP contribution in [0.2, 0.25) is 0 Å². The number of nitrogens with one attached hydrogen (secondary N) is 2. The number of hydrogen-bond donors (Lipinski definition) is 2.